The Kier molecular flexibility index (Phi) is 9.45. The minimum Gasteiger partial charge on any atom is -0.330 e. The molecule has 0 aliphatic heterocycles. The number of benzene rings is 1. The fourth-order valence-corrected chi connectivity index (χ4v) is 6.44. The van der Waals surface area contributed by atoms with E-state index in [0.717, 1.165) is 12.1 Å². The quantitative estimate of drug-likeness (QED) is 0.393. The molecule has 216 valence electrons. The van der Waals surface area contributed by atoms with Crippen molar-refractivity contribution < 1.29 is 60.7 Å². The number of halogens is 10. The summed E-state index contributed by atoms with van der Waals surface area (Å²) >= 11 is 0. The first-order valence-corrected chi connectivity index (χ1v) is 13.1. The summed E-state index contributed by atoms with van der Waals surface area (Å²) in [6, 6.07) is 3.34. The summed E-state index contributed by atoms with van der Waals surface area (Å²) in [4.78, 5) is -1.21. The Morgan fingerprint density at radius 1 is 0.811 bits per heavy atom. The van der Waals surface area contributed by atoms with Crippen molar-refractivity contribution in [1.29, 1.82) is 0 Å². The van der Waals surface area contributed by atoms with Crippen LogP contribution in [0.4, 0.5) is 43.9 Å². The minimum atomic E-state index is -7.09. The van der Waals surface area contributed by atoms with Crippen molar-refractivity contribution in [1.82, 2.24) is 3.71 Å². The van der Waals surface area contributed by atoms with Gasteiger partial charge in [0.05, 0.1) is 4.90 Å². The molecule has 0 spiro atoms. The molecule has 0 aliphatic rings. The fourth-order valence-electron chi connectivity index (χ4n) is 3.28. The molecule has 0 saturated carbocycles. The minimum absolute atomic E-state index is 0.0470. The van der Waals surface area contributed by atoms with Crippen molar-refractivity contribution in [3.63, 3.8) is 0 Å². The van der Waals surface area contributed by atoms with E-state index in [-0.39, 0.29) is 12.0 Å². The Balaban J connectivity index is 3.60. The third-order valence-electron chi connectivity index (χ3n) is 5.16. The predicted octanol–water partition coefficient (Wildman–Crippen LogP) is 5.23. The zero-order valence-corrected chi connectivity index (χ0v) is 21.1. The molecule has 0 saturated heterocycles. The van der Waals surface area contributed by atoms with E-state index in [9.17, 15) is 60.7 Å². The summed E-state index contributed by atoms with van der Waals surface area (Å²) in [6.45, 7) is 2.94. The molecule has 0 aliphatic carbocycles. The number of alkyl halides is 10. The maximum absolute atomic E-state index is 14.0. The third kappa shape index (κ3) is 7.26. The van der Waals surface area contributed by atoms with Crippen LogP contribution < -0.4 is 5.73 Å². The summed E-state index contributed by atoms with van der Waals surface area (Å²) in [6.07, 6.45) is -16.1. The first kappa shape index (κ1) is 33.4. The van der Waals surface area contributed by atoms with Gasteiger partial charge in [0.25, 0.3) is 10.0 Å². The van der Waals surface area contributed by atoms with Crippen molar-refractivity contribution in [2.24, 2.45) is 11.1 Å². The van der Waals surface area contributed by atoms with Crippen molar-refractivity contribution in [2.75, 3.05) is 13.1 Å². The van der Waals surface area contributed by atoms with Crippen molar-refractivity contribution in [3.8, 4) is 0 Å². The monoisotopic (exact) mass is 598 g/mol. The average molecular weight is 599 g/mol. The van der Waals surface area contributed by atoms with E-state index < -0.39 is 71.1 Å². The zero-order valence-electron chi connectivity index (χ0n) is 19.5. The van der Waals surface area contributed by atoms with Gasteiger partial charge in [-0.1, -0.05) is 36.6 Å². The number of sulfonamides is 2. The van der Waals surface area contributed by atoms with Crippen LogP contribution in [0.2, 0.25) is 0 Å². The summed E-state index contributed by atoms with van der Waals surface area (Å²) in [7, 11) is -13.0. The second-order valence-electron chi connectivity index (χ2n) is 9.27. The lowest BCUT2D eigenvalue weighted by Crippen LogP contribution is -2.56. The molecule has 6 nitrogen and oxygen atoms in total. The molecule has 37 heavy (non-hydrogen) atoms. The molecular weight excluding hydrogens is 574 g/mol. The van der Waals surface area contributed by atoms with Gasteiger partial charge >= 0.3 is 33.6 Å². The largest absolute Gasteiger partial charge is 0.512 e. The molecule has 0 fully saturated rings. The van der Waals surface area contributed by atoms with Crippen molar-refractivity contribution in [3.05, 3.63) is 29.8 Å². The first-order valence-electron chi connectivity index (χ1n) is 10.2. The number of hydrogen-bond donors (Lipinski definition) is 1. The Morgan fingerprint density at radius 2 is 1.24 bits per heavy atom. The fraction of sp³-hybridized carbons (Fsp3) is 0.684. The molecule has 0 amide bonds. The van der Waals surface area contributed by atoms with E-state index in [4.69, 9.17) is 5.73 Å². The molecule has 1 aromatic rings. The summed E-state index contributed by atoms with van der Waals surface area (Å²) in [5.41, 5.74) is -6.89. The van der Waals surface area contributed by atoms with Gasteiger partial charge in [-0.15, -0.1) is 0 Å². The summed E-state index contributed by atoms with van der Waals surface area (Å²) < 4.78 is 178. The van der Waals surface area contributed by atoms with Crippen LogP contribution in [-0.4, -0.2) is 57.2 Å². The van der Waals surface area contributed by atoms with E-state index in [1.54, 1.807) is 0 Å². The topological polar surface area (TPSA) is 97.5 Å². The standard InChI is InChI=1S/C19H24F10N2O4S2/c1-15(2,3)10-13(11-30)12-4-6-14(7-5-12)36(32,33)31(37(34,35)19(27,28)29)9-8-16(20,17(21,22)23)18(24,25)26/h4-7,13H,8-11,30H2,1-3H3. The molecule has 2 N–H and O–H groups in total. The second kappa shape index (κ2) is 10.5. The maximum atomic E-state index is 14.0. The van der Waals surface area contributed by atoms with E-state index in [1.807, 2.05) is 20.8 Å². The lowest BCUT2D eigenvalue weighted by Gasteiger charge is -2.32. The summed E-state index contributed by atoms with van der Waals surface area (Å²) in [5.74, 6) is -0.391. The molecule has 18 heteroatoms. The van der Waals surface area contributed by atoms with Crippen LogP contribution in [0.3, 0.4) is 0 Å². The number of hydrogen-bond acceptors (Lipinski definition) is 5. The zero-order chi connectivity index (χ0) is 29.5. The van der Waals surface area contributed by atoms with Gasteiger partial charge in [0.1, 0.15) is 0 Å². The average Bonchev–Trinajstić information content (AvgIpc) is 2.68. The number of nitrogens with zero attached hydrogens (tertiary/aromatic N) is 1. The lowest BCUT2D eigenvalue weighted by atomic mass is 9.81. The van der Waals surface area contributed by atoms with Crippen LogP contribution >= 0.6 is 0 Å². The van der Waals surface area contributed by atoms with Crippen molar-refractivity contribution in [2.45, 2.75) is 68.0 Å². The highest BCUT2D eigenvalue weighted by atomic mass is 32.3. The van der Waals surface area contributed by atoms with Crippen LogP contribution in [0.1, 0.15) is 45.1 Å². The molecule has 1 atom stereocenters. The van der Waals surface area contributed by atoms with Crippen LogP contribution in [0.25, 0.3) is 0 Å². The number of nitrogens with two attached hydrogens (primary N) is 1. The Bertz CT molecular complexity index is 1120. The molecule has 1 aromatic carbocycles. The van der Waals surface area contributed by atoms with Gasteiger partial charge in [-0.25, -0.2) is 21.2 Å². The molecule has 0 radical (unpaired) electrons. The normalized spacial score (nSPS) is 15.8. The summed E-state index contributed by atoms with van der Waals surface area (Å²) in [5, 5.41) is 0. The van der Waals surface area contributed by atoms with Gasteiger partial charge in [-0.3, -0.25) is 0 Å². The van der Waals surface area contributed by atoms with Gasteiger partial charge < -0.3 is 5.73 Å². The predicted molar refractivity (Wildman–Crippen MR) is 112 cm³/mol. The highest BCUT2D eigenvalue weighted by molar-refractivity contribution is 8.04. The SMILES string of the molecule is CC(C)(C)CC(CN)c1ccc(S(=O)(=O)N(CCC(F)(C(F)(F)F)C(F)(F)F)S(=O)(=O)C(F)(F)F)cc1. The van der Waals surface area contributed by atoms with E-state index in [0.29, 0.717) is 24.1 Å². The smallest absolute Gasteiger partial charge is 0.330 e. The van der Waals surface area contributed by atoms with Crippen molar-refractivity contribution >= 4 is 20.0 Å². The molecule has 0 heterocycles. The Labute approximate surface area is 206 Å². The van der Waals surface area contributed by atoms with Crippen LogP contribution in [0, 0.1) is 5.41 Å². The molecule has 0 aromatic heterocycles. The Hall–Kier alpha value is -1.66. The maximum Gasteiger partial charge on any atom is 0.512 e. The molecule has 1 unspecified atom stereocenters. The van der Waals surface area contributed by atoms with Gasteiger partial charge in [0.15, 0.2) is 0 Å². The lowest BCUT2D eigenvalue weighted by molar-refractivity contribution is -0.343. The molecule has 0 bridgehead atoms. The number of rotatable bonds is 9. The second-order valence-corrected chi connectivity index (χ2v) is 13.2. The van der Waals surface area contributed by atoms with E-state index in [1.165, 1.54) is 0 Å². The van der Waals surface area contributed by atoms with Gasteiger partial charge in [0, 0.05) is 13.0 Å². The van der Waals surface area contributed by atoms with Crippen LogP contribution in [-0.2, 0) is 20.0 Å². The van der Waals surface area contributed by atoms with Gasteiger partial charge in [-0.2, -0.15) is 39.5 Å². The van der Waals surface area contributed by atoms with Crippen LogP contribution in [0.15, 0.2) is 29.2 Å². The van der Waals surface area contributed by atoms with Crippen LogP contribution in [0.5, 0.6) is 0 Å². The first-order chi connectivity index (χ1) is 16.2. The highest BCUT2D eigenvalue weighted by Crippen LogP contribution is 2.49. The van der Waals surface area contributed by atoms with Gasteiger partial charge in [-0.05, 0) is 42.0 Å². The van der Waals surface area contributed by atoms with Gasteiger partial charge in [0.2, 0.25) is 0 Å². The Morgan fingerprint density at radius 3 is 1.57 bits per heavy atom. The third-order valence-corrected chi connectivity index (χ3v) is 9.23. The van der Waals surface area contributed by atoms with E-state index in [2.05, 4.69) is 0 Å². The molecule has 1 rings (SSSR count). The highest BCUT2D eigenvalue weighted by Gasteiger charge is 2.72. The van der Waals surface area contributed by atoms with E-state index >= 15 is 0 Å². The molecular formula is C19H24F10N2O4S2.